The smallest absolute Gasteiger partial charge is 0.223 e. The van der Waals surface area contributed by atoms with Gasteiger partial charge in [-0.1, -0.05) is 46.8 Å². The Labute approximate surface area is 131 Å². The van der Waals surface area contributed by atoms with E-state index >= 15 is 0 Å². The summed E-state index contributed by atoms with van der Waals surface area (Å²) in [5, 5.41) is 4.02. The van der Waals surface area contributed by atoms with Gasteiger partial charge in [0.15, 0.2) is 0 Å². The summed E-state index contributed by atoms with van der Waals surface area (Å²) < 4.78 is 0. The summed E-state index contributed by atoms with van der Waals surface area (Å²) in [5.41, 5.74) is 1.02. The molecule has 0 aromatic rings. The van der Waals surface area contributed by atoms with E-state index in [4.69, 9.17) is 0 Å². The third-order valence-corrected chi connectivity index (χ3v) is 3.80. The molecule has 2 rings (SSSR count). The van der Waals surface area contributed by atoms with Gasteiger partial charge in [0.25, 0.3) is 0 Å². The van der Waals surface area contributed by atoms with Crippen LogP contribution in [-0.4, -0.2) is 0 Å². The Morgan fingerprint density at radius 3 is 1.42 bits per heavy atom. The van der Waals surface area contributed by atoms with Gasteiger partial charge in [-0.3, -0.25) is 0 Å². The Kier molecular flexibility index (Phi) is 8.59. The minimum Gasteiger partial charge on any atom is -0.223 e. The zero-order valence-electron chi connectivity index (χ0n) is 12.7. The van der Waals surface area contributed by atoms with Crippen molar-refractivity contribution in [1.29, 1.82) is 0 Å². The van der Waals surface area contributed by atoms with Crippen LogP contribution in [0.5, 0.6) is 0 Å². The molecule has 1 heterocycles. The minimum absolute atomic E-state index is 0. The van der Waals surface area contributed by atoms with Crippen LogP contribution < -0.4 is 5.32 Å². The standard InChI is InChI=1S/C10H15.C7H8N.Fe/c1-6-7(2)9(4)10(5)8(6)3;1-6(2)7-4-3-5-8-7;/h1-5H3;3-5H,1H2,2H3;/q;;+2. The van der Waals surface area contributed by atoms with Gasteiger partial charge in [0, 0.05) is 6.54 Å². The summed E-state index contributed by atoms with van der Waals surface area (Å²) in [7, 11) is 0. The third-order valence-electron chi connectivity index (χ3n) is 3.80. The predicted octanol–water partition coefficient (Wildman–Crippen LogP) is 4.25. The van der Waals surface area contributed by atoms with E-state index in [9.17, 15) is 0 Å². The summed E-state index contributed by atoms with van der Waals surface area (Å²) in [5.74, 6) is 7.34. The van der Waals surface area contributed by atoms with E-state index in [1.54, 1.807) is 6.54 Å². The van der Waals surface area contributed by atoms with E-state index in [0.29, 0.717) is 0 Å². The zero-order chi connectivity index (χ0) is 13.9. The normalized spacial score (nSPS) is 24.1. The van der Waals surface area contributed by atoms with Gasteiger partial charge in [0.1, 0.15) is 0 Å². The molecule has 1 aliphatic carbocycles. The molecule has 1 aliphatic heterocycles. The zero-order valence-corrected chi connectivity index (χ0v) is 13.8. The molecular weight excluding hydrogens is 274 g/mol. The molecule has 1 saturated heterocycles. The average Bonchev–Trinajstić information content (AvgIpc) is 2.93. The fraction of sp³-hybridized carbons (Fsp3) is 0.353. The molecule has 0 spiro atoms. The molecule has 2 heteroatoms. The topological polar surface area (TPSA) is 14.1 Å². The summed E-state index contributed by atoms with van der Waals surface area (Å²) >= 11 is 0. The SMILES string of the molecule is C=C(C)[C]1[CH][CH][CH][N]1.C[C]1[C](C)[C](C)[C](C)[C]1C.[Fe+2]. The third kappa shape index (κ3) is 4.92. The predicted molar refractivity (Wildman–Crippen MR) is 77.7 cm³/mol. The van der Waals surface area contributed by atoms with Crippen LogP contribution in [0.3, 0.4) is 0 Å². The molecule has 102 valence electrons. The van der Waals surface area contributed by atoms with Crippen LogP contribution in [-0.2, 0) is 17.1 Å². The van der Waals surface area contributed by atoms with E-state index in [0.717, 1.165) is 11.6 Å². The number of hydrogen-bond acceptors (Lipinski definition) is 0. The molecule has 2 aliphatic rings. The summed E-state index contributed by atoms with van der Waals surface area (Å²) in [6.45, 7) is 18.4. The van der Waals surface area contributed by atoms with Gasteiger partial charge in [-0.05, 0) is 49.4 Å². The van der Waals surface area contributed by atoms with Gasteiger partial charge in [0.2, 0.25) is 0 Å². The molecule has 10 radical (unpaired) electrons. The first-order valence-corrected chi connectivity index (χ1v) is 6.29. The molecule has 1 nitrogen and oxygen atoms in total. The Morgan fingerprint density at radius 2 is 1.26 bits per heavy atom. The summed E-state index contributed by atoms with van der Waals surface area (Å²) in [6, 6.07) is 0.991. The van der Waals surface area contributed by atoms with E-state index in [2.05, 4.69) is 46.5 Å². The van der Waals surface area contributed by atoms with Crippen LogP contribution in [0.4, 0.5) is 0 Å². The molecule has 0 N–H and O–H groups in total. The quantitative estimate of drug-likeness (QED) is 0.642. The van der Waals surface area contributed by atoms with Crippen molar-refractivity contribution < 1.29 is 17.1 Å². The monoisotopic (exact) mass is 297 g/mol. The Bertz CT molecular complexity index is 226. The van der Waals surface area contributed by atoms with Crippen molar-refractivity contribution in [3.05, 3.63) is 67.2 Å². The fourth-order valence-electron chi connectivity index (χ4n) is 1.96. The molecular formula is C17H23FeN+2. The molecule has 0 bridgehead atoms. The van der Waals surface area contributed by atoms with Gasteiger partial charge in [-0.2, -0.15) is 0 Å². The second-order valence-corrected chi connectivity index (χ2v) is 4.93. The van der Waals surface area contributed by atoms with Crippen LogP contribution in [0.15, 0.2) is 12.2 Å². The van der Waals surface area contributed by atoms with E-state index < -0.39 is 0 Å². The maximum atomic E-state index is 4.02. The number of nitrogens with zero attached hydrogens (tertiary/aromatic N) is 1. The second kappa shape index (κ2) is 8.49. The van der Waals surface area contributed by atoms with Crippen molar-refractivity contribution >= 4 is 0 Å². The van der Waals surface area contributed by atoms with Crippen LogP contribution >= 0.6 is 0 Å². The second-order valence-electron chi connectivity index (χ2n) is 4.93. The van der Waals surface area contributed by atoms with Gasteiger partial charge in [-0.15, -0.1) is 0 Å². The van der Waals surface area contributed by atoms with Gasteiger partial charge in [-0.25, -0.2) is 5.32 Å². The molecule has 0 aromatic carbocycles. The van der Waals surface area contributed by atoms with Crippen LogP contribution in [0.2, 0.25) is 0 Å². The molecule has 0 amide bonds. The maximum absolute atomic E-state index is 4.02. The van der Waals surface area contributed by atoms with E-state index in [1.807, 2.05) is 19.8 Å². The fourth-order valence-corrected chi connectivity index (χ4v) is 1.96. The van der Waals surface area contributed by atoms with Crippen molar-refractivity contribution in [1.82, 2.24) is 5.32 Å². The van der Waals surface area contributed by atoms with Crippen LogP contribution in [0, 0.1) is 55.0 Å². The van der Waals surface area contributed by atoms with Crippen LogP contribution in [0.25, 0.3) is 0 Å². The summed E-state index contributed by atoms with van der Waals surface area (Å²) in [4.78, 5) is 0. The first-order chi connectivity index (χ1) is 8.36. The minimum atomic E-state index is 0. The number of rotatable bonds is 1. The molecule has 19 heavy (non-hydrogen) atoms. The molecule has 2 fully saturated rings. The van der Waals surface area contributed by atoms with Gasteiger partial charge >= 0.3 is 17.1 Å². The summed E-state index contributed by atoms with van der Waals surface area (Å²) in [6.07, 6.45) is 3.85. The number of hydrogen-bond donors (Lipinski definition) is 0. The Hall–Kier alpha value is 0.219. The van der Waals surface area contributed by atoms with Crippen LogP contribution in [0.1, 0.15) is 41.5 Å². The Balaban J connectivity index is 0.000000331. The molecule has 0 aromatic heterocycles. The van der Waals surface area contributed by atoms with Crippen molar-refractivity contribution in [2.45, 2.75) is 41.5 Å². The van der Waals surface area contributed by atoms with Gasteiger partial charge < -0.3 is 0 Å². The van der Waals surface area contributed by atoms with E-state index in [-0.39, 0.29) is 17.1 Å². The van der Waals surface area contributed by atoms with Crippen molar-refractivity contribution in [3.8, 4) is 0 Å². The van der Waals surface area contributed by atoms with Crippen molar-refractivity contribution in [2.75, 3.05) is 0 Å². The molecule has 1 saturated carbocycles. The van der Waals surface area contributed by atoms with Gasteiger partial charge in [0.05, 0.1) is 6.04 Å². The molecule has 0 atom stereocenters. The van der Waals surface area contributed by atoms with Crippen molar-refractivity contribution in [3.63, 3.8) is 0 Å². The first-order valence-electron chi connectivity index (χ1n) is 6.29. The maximum Gasteiger partial charge on any atom is 2.00 e. The molecule has 0 unspecified atom stereocenters. The van der Waals surface area contributed by atoms with Crippen molar-refractivity contribution in [2.24, 2.45) is 0 Å². The average molecular weight is 297 g/mol. The largest absolute Gasteiger partial charge is 2.00 e. The first kappa shape index (κ1) is 19.2. The Morgan fingerprint density at radius 1 is 0.895 bits per heavy atom. The van der Waals surface area contributed by atoms with E-state index in [1.165, 1.54) is 29.6 Å².